The number of sulfonamides is 1. The number of aliphatic hydroxyl groups is 1. The number of hydrogen-bond acceptors (Lipinski definition) is 12. The highest BCUT2D eigenvalue weighted by molar-refractivity contribution is 7.89. The largest absolute Gasteiger partial charge is 0.444 e. The molecule has 5 rings (SSSR count). The molecule has 1 saturated heterocycles. The SMILES string of the molecule is CC(C)CN(C[C@@H](O)[C@H](Cc1ccccc1)NC(=O)OCc1cncs1)S(=O)(=O)c1ccc2nc(N(C)C(=O)CN(C)CCCN3CCCC3)sc2c1. The van der Waals surface area contributed by atoms with Crippen LogP contribution in [0.25, 0.3) is 10.2 Å². The van der Waals surface area contributed by atoms with Gasteiger partial charge in [0.15, 0.2) is 5.13 Å². The minimum atomic E-state index is -4.10. The van der Waals surface area contributed by atoms with Gasteiger partial charge in [-0.1, -0.05) is 55.5 Å². The van der Waals surface area contributed by atoms with Crippen molar-refractivity contribution in [1.29, 1.82) is 0 Å². The van der Waals surface area contributed by atoms with E-state index in [-0.39, 0.29) is 49.4 Å². The van der Waals surface area contributed by atoms with Gasteiger partial charge in [-0.3, -0.25) is 19.6 Å². The molecule has 16 heteroatoms. The highest BCUT2D eigenvalue weighted by Crippen LogP contribution is 2.31. The number of carbonyl (C=O) groups is 2. The van der Waals surface area contributed by atoms with Crippen molar-refractivity contribution in [3.63, 3.8) is 0 Å². The number of nitrogens with one attached hydrogen (secondary N) is 1. The molecular weight excluding hydrogens is 735 g/mol. The van der Waals surface area contributed by atoms with E-state index in [0.717, 1.165) is 43.0 Å². The van der Waals surface area contributed by atoms with Crippen LogP contribution >= 0.6 is 22.7 Å². The Morgan fingerprint density at radius 2 is 1.83 bits per heavy atom. The first-order valence-corrected chi connectivity index (χ1v) is 21.1. The topological polar surface area (TPSA) is 149 Å². The molecule has 0 radical (unpaired) electrons. The van der Waals surface area contributed by atoms with E-state index in [4.69, 9.17) is 4.74 Å². The number of hydrogen-bond donors (Lipinski definition) is 2. The molecule has 0 aliphatic carbocycles. The average molecular weight is 786 g/mol. The summed E-state index contributed by atoms with van der Waals surface area (Å²) in [7, 11) is -0.467. The molecular formula is C37H51N7O6S3. The van der Waals surface area contributed by atoms with Crippen molar-refractivity contribution in [2.45, 2.75) is 63.2 Å². The lowest BCUT2D eigenvalue weighted by molar-refractivity contribution is -0.119. The van der Waals surface area contributed by atoms with Gasteiger partial charge in [-0.25, -0.2) is 18.2 Å². The number of likely N-dealkylation sites (tertiary alicyclic amines) is 1. The van der Waals surface area contributed by atoms with Crippen molar-refractivity contribution in [3.05, 3.63) is 70.7 Å². The molecule has 2 atom stereocenters. The Morgan fingerprint density at radius 1 is 1.08 bits per heavy atom. The number of aliphatic hydroxyl groups excluding tert-OH is 1. The van der Waals surface area contributed by atoms with Crippen LogP contribution in [0, 0.1) is 5.92 Å². The number of aromatic nitrogens is 2. The number of thiazole rings is 2. The molecule has 2 amide bonds. The smallest absolute Gasteiger partial charge is 0.407 e. The minimum Gasteiger partial charge on any atom is -0.444 e. The summed E-state index contributed by atoms with van der Waals surface area (Å²) in [6, 6.07) is 13.2. The lowest BCUT2D eigenvalue weighted by atomic mass is 10.0. The fraction of sp³-hybridized carbons (Fsp3) is 0.514. The van der Waals surface area contributed by atoms with Gasteiger partial charge in [0.2, 0.25) is 15.9 Å². The Hall–Kier alpha value is -3.51. The molecule has 0 unspecified atom stereocenters. The van der Waals surface area contributed by atoms with Crippen molar-refractivity contribution in [2.75, 3.05) is 64.8 Å². The number of likely N-dealkylation sites (N-methyl/N-ethyl adjacent to an activating group) is 2. The summed E-state index contributed by atoms with van der Waals surface area (Å²) in [5.74, 6) is -0.151. The van der Waals surface area contributed by atoms with Crippen molar-refractivity contribution < 1.29 is 27.9 Å². The number of alkyl carbamates (subject to hydrolysis) is 1. The van der Waals surface area contributed by atoms with E-state index in [1.807, 2.05) is 56.1 Å². The van der Waals surface area contributed by atoms with E-state index in [1.54, 1.807) is 30.9 Å². The predicted molar refractivity (Wildman–Crippen MR) is 210 cm³/mol. The third-order valence-electron chi connectivity index (χ3n) is 9.12. The molecule has 1 aliphatic heterocycles. The van der Waals surface area contributed by atoms with Crippen molar-refractivity contribution in [2.24, 2.45) is 5.92 Å². The average Bonchev–Trinajstić information content (AvgIpc) is 3.93. The molecule has 13 nitrogen and oxygen atoms in total. The molecule has 2 aromatic heterocycles. The molecule has 0 saturated carbocycles. The summed E-state index contributed by atoms with van der Waals surface area (Å²) in [4.78, 5) is 41.5. The van der Waals surface area contributed by atoms with Crippen LogP contribution in [-0.4, -0.2) is 122 Å². The van der Waals surface area contributed by atoms with E-state index < -0.39 is 28.3 Å². The normalized spacial score (nSPS) is 15.0. The number of anilines is 1. The minimum absolute atomic E-state index is 0.0280. The van der Waals surface area contributed by atoms with Crippen LogP contribution in [0.1, 0.15) is 43.6 Å². The molecule has 53 heavy (non-hydrogen) atoms. The van der Waals surface area contributed by atoms with Gasteiger partial charge in [-0.05, 0) is 88.6 Å². The molecule has 0 bridgehead atoms. The predicted octanol–water partition coefficient (Wildman–Crippen LogP) is 4.68. The first kappa shape index (κ1) is 40.7. The van der Waals surface area contributed by atoms with Gasteiger partial charge in [0.1, 0.15) is 6.61 Å². The van der Waals surface area contributed by atoms with Gasteiger partial charge >= 0.3 is 6.09 Å². The second-order valence-corrected chi connectivity index (χ2v) is 17.9. The van der Waals surface area contributed by atoms with E-state index >= 15 is 0 Å². The maximum atomic E-state index is 14.2. The Balaban J connectivity index is 1.27. The van der Waals surface area contributed by atoms with E-state index in [1.165, 1.54) is 50.8 Å². The molecule has 0 spiro atoms. The van der Waals surface area contributed by atoms with Crippen molar-refractivity contribution >= 4 is 60.0 Å². The summed E-state index contributed by atoms with van der Waals surface area (Å²) in [6.45, 7) is 8.14. The van der Waals surface area contributed by atoms with Crippen LogP contribution in [0.4, 0.5) is 9.93 Å². The van der Waals surface area contributed by atoms with Gasteiger partial charge in [-0.2, -0.15) is 4.31 Å². The van der Waals surface area contributed by atoms with E-state index in [0.29, 0.717) is 15.3 Å². The van der Waals surface area contributed by atoms with Crippen molar-refractivity contribution in [3.8, 4) is 0 Å². The Bertz CT molecular complexity index is 1870. The summed E-state index contributed by atoms with van der Waals surface area (Å²) in [5, 5.41) is 14.8. The second kappa shape index (κ2) is 19.2. The molecule has 4 aromatic rings. The number of nitrogens with zero attached hydrogens (tertiary/aromatic N) is 6. The van der Waals surface area contributed by atoms with Crippen LogP contribution in [0.3, 0.4) is 0 Å². The fourth-order valence-electron chi connectivity index (χ4n) is 6.25. The number of ether oxygens (including phenoxy) is 1. The van der Waals surface area contributed by atoms with E-state index in [2.05, 4.69) is 20.2 Å². The first-order valence-electron chi connectivity index (χ1n) is 18.0. The fourth-order valence-corrected chi connectivity index (χ4v) is 9.46. The van der Waals surface area contributed by atoms with Crippen molar-refractivity contribution in [1.82, 2.24) is 29.4 Å². The van der Waals surface area contributed by atoms with Crippen LogP contribution in [-0.2, 0) is 32.6 Å². The summed E-state index contributed by atoms with van der Waals surface area (Å²) in [5.41, 5.74) is 3.09. The van der Waals surface area contributed by atoms with Gasteiger partial charge in [0.25, 0.3) is 0 Å². The third kappa shape index (κ3) is 11.7. The number of fused-ring (bicyclic) bond motifs is 1. The molecule has 3 heterocycles. The Labute approximate surface area is 320 Å². The van der Waals surface area contributed by atoms with Crippen LogP contribution in [0.15, 0.2) is 65.1 Å². The first-order chi connectivity index (χ1) is 25.4. The highest BCUT2D eigenvalue weighted by atomic mass is 32.2. The van der Waals surface area contributed by atoms with E-state index in [9.17, 15) is 23.1 Å². The quantitative estimate of drug-likeness (QED) is 0.137. The molecule has 1 aliphatic rings. The van der Waals surface area contributed by atoms with Gasteiger partial charge < -0.3 is 20.1 Å². The monoisotopic (exact) mass is 785 g/mol. The number of carbonyl (C=O) groups excluding carboxylic acids is 2. The van der Waals surface area contributed by atoms with Gasteiger partial charge in [0.05, 0.1) is 44.2 Å². The van der Waals surface area contributed by atoms with Crippen LogP contribution in [0.5, 0.6) is 0 Å². The summed E-state index contributed by atoms with van der Waals surface area (Å²) >= 11 is 2.61. The number of amides is 2. The number of benzene rings is 2. The Kier molecular flexibility index (Phi) is 14.7. The zero-order valence-electron chi connectivity index (χ0n) is 30.9. The third-order valence-corrected chi connectivity index (χ3v) is 12.8. The van der Waals surface area contributed by atoms with Crippen LogP contribution in [0.2, 0.25) is 0 Å². The lowest BCUT2D eigenvalue weighted by Crippen LogP contribution is -2.51. The second-order valence-electron chi connectivity index (χ2n) is 14.0. The molecule has 2 aromatic carbocycles. The molecule has 2 N–H and O–H groups in total. The zero-order valence-corrected chi connectivity index (χ0v) is 33.3. The van der Waals surface area contributed by atoms with Gasteiger partial charge in [-0.15, -0.1) is 11.3 Å². The summed E-state index contributed by atoms with van der Waals surface area (Å²) in [6.07, 6.45) is 3.40. The highest BCUT2D eigenvalue weighted by Gasteiger charge is 2.32. The maximum absolute atomic E-state index is 14.2. The number of rotatable bonds is 19. The summed E-state index contributed by atoms with van der Waals surface area (Å²) < 4.78 is 35.7. The van der Waals surface area contributed by atoms with Crippen LogP contribution < -0.4 is 10.2 Å². The van der Waals surface area contributed by atoms with Gasteiger partial charge in [0, 0.05) is 26.3 Å². The maximum Gasteiger partial charge on any atom is 0.407 e. The molecule has 288 valence electrons. The molecule has 1 fully saturated rings. The standard InChI is InChI=1S/C37H51N7O6S3/c1-27(2)22-44(23-33(45)32(19-28-11-6-5-7-12-28)40-37(47)50-25-29-21-38-26-51-29)53(48,49)30-13-14-31-34(20-30)52-36(39-31)42(4)35(46)24-41(3)15-10-18-43-16-8-9-17-43/h5-7,11-14,20-21,26-27,32-33,45H,8-10,15-19,22-25H2,1-4H3,(H,40,47)/t32-,33+/m0/s1. The lowest BCUT2D eigenvalue weighted by Gasteiger charge is -2.30. The Morgan fingerprint density at radius 3 is 2.53 bits per heavy atom. The zero-order chi connectivity index (χ0) is 38.0.